The van der Waals surface area contributed by atoms with Crippen LogP contribution in [0.1, 0.15) is 32.3 Å². The molecule has 1 aliphatic rings. The predicted molar refractivity (Wildman–Crippen MR) is 84.3 cm³/mol. The fourth-order valence-electron chi connectivity index (χ4n) is 2.93. The van der Waals surface area contributed by atoms with Gasteiger partial charge in [0.2, 0.25) is 5.91 Å². The Balaban J connectivity index is 1.98. The SMILES string of the molecule is CCCC(C)C(=O)N1CCN(c2cccc(C(F)(F)F)c2)CC1. The molecule has 0 N–H and O–H groups in total. The third-order valence-electron chi connectivity index (χ3n) is 4.27. The van der Waals surface area contributed by atoms with Crippen LogP contribution >= 0.6 is 0 Å². The maximum atomic E-state index is 12.8. The normalized spacial score (nSPS) is 17.3. The van der Waals surface area contributed by atoms with Crippen LogP contribution in [0.4, 0.5) is 18.9 Å². The molecule has 1 fully saturated rings. The van der Waals surface area contributed by atoms with Crippen molar-refractivity contribution in [2.24, 2.45) is 5.92 Å². The Bertz CT molecular complexity index is 537. The zero-order valence-corrected chi connectivity index (χ0v) is 13.6. The van der Waals surface area contributed by atoms with Crippen molar-refractivity contribution in [1.29, 1.82) is 0 Å². The van der Waals surface area contributed by atoms with Crippen LogP contribution in [0.15, 0.2) is 24.3 Å². The summed E-state index contributed by atoms with van der Waals surface area (Å²) in [5.41, 5.74) is -0.0707. The zero-order chi connectivity index (χ0) is 17.0. The monoisotopic (exact) mass is 328 g/mol. The number of hydrogen-bond acceptors (Lipinski definition) is 2. The lowest BCUT2D eigenvalue weighted by Gasteiger charge is -2.37. The molecule has 0 radical (unpaired) electrons. The van der Waals surface area contributed by atoms with E-state index in [1.807, 2.05) is 16.7 Å². The summed E-state index contributed by atoms with van der Waals surface area (Å²) in [4.78, 5) is 16.0. The summed E-state index contributed by atoms with van der Waals surface area (Å²) in [5, 5.41) is 0. The summed E-state index contributed by atoms with van der Waals surface area (Å²) < 4.78 is 38.4. The van der Waals surface area contributed by atoms with E-state index in [4.69, 9.17) is 0 Å². The van der Waals surface area contributed by atoms with Crippen LogP contribution in [0.3, 0.4) is 0 Å². The molecule has 23 heavy (non-hydrogen) atoms. The molecular formula is C17H23F3N2O. The number of amides is 1. The highest BCUT2D eigenvalue weighted by molar-refractivity contribution is 5.78. The summed E-state index contributed by atoms with van der Waals surface area (Å²) in [6.45, 7) is 6.23. The average Bonchev–Trinajstić information content (AvgIpc) is 2.54. The fourth-order valence-corrected chi connectivity index (χ4v) is 2.93. The van der Waals surface area contributed by atoms with Crippen LogP contribution < -0.4 is 4.90 Å². The van der Waals surface area contributed by atoms with Gasteiger partial charge >= 0.3 is 6.18 Å². The fraction of sp³-hybridized carbons (Fsp3) is 0.588. The third-order valence-corrected chi connectivity index (χ3v) is 4.27. The molecule has 1 atom stereocenters. The minimum Gasteiger partial charge on any atom is -0.368 e. The lowest BCUT2D eigenvalue weighted by Crippen LogP contribution is -2.50. The maximum Gasteiger partial charge on any atom is 0.416 e. The quantitative estimate of drug-likeness (QED) is 0.839. The largest absolute Gasteiger partial charge is 0.416 e. The van der Waals surface area contributed by atoms with E-state index in [0.717, 1.165) is 18.9 Å². The summed E-state index contributed by atoms with van der Waals surface area (Å²) in [5.74, 6) is 0.163. The molecule has 3 nitrogen and oxygen atoms in total. The highest BCUT2D eigenvalue weighted by atomic mass is 19.4. The molecule has 1 heterocycles. The Hall–Kier alpha value is -1.72. The van der Waals surface area contributed by atoms with Gasteiger partial charge in [-0.15, -0.1) is 0 Å². The molecule has 1 amide bonds. The first-order valence-electron chi connectivity index (χ1n) is 8.04. The van der Waals surface area contributed by atoms with Gasteiger partial charge in [0.15, 0.2) is 0 Å². The van der Waals surface area contributed by atoms with Gasteiger partial charge in [-0.1, -0.05) is 26.3 Å². The molecule has 128 valence electrons. The van der Waals surface area contributed by atoms with Crippen LogP contribution in [0.25, 0.3) is 0 Å². The molecule has 1 aromatic carbocycles. The van der Waals surface area contributed by atoms with E-state index in [-0.39, 0.29) is 11.8 Å². The minimum atomic E-state index is -4.33. The Labute approximate surface area is 135 Å². The molecule has 0 bridgehead atoms. The van der Waals surface area contributed by atoms with Gasteiger partial charge < -0.3 is 9.80 Å². The molecule has 0 aromatic heterocycles. The third kappa shape index (κ3) is 4.39. The van der Waals surface area contributed by atoms with Crippen LogP contribution in [0.2, 0.25) is 0 Å². The van der Waals surface area contributed by atoms with E-state index in [0.29, 0.717) is 31.9 Å². The lowest BCUT2D eigenvalue weighted by molar-refractivity contribution is -0.137. The topological polar surface area (TPSA) is 23.6 Å². The first-order chi connectivity index (χ1) is 10.8. The van der Waals surface area contributed by atoms with E-state index in [9.17, 15) is 18.0 Å². The summed E-state index contributed by atoms with van der Waals surface area (Å²) in [6.07, 6.45) is -2.49. The Morgan fingerprint density at radius 3 is 2.43 bits per heavy atom. The highest BCUT2D eigenvalue weighted by Gasteiger charge is 2.31. The van der Waals surface area contributed by atoms with Crippen molar-refractivity contribution in [2.45, 2.75) is 32.9 Å². The number of benzene rings is 1. The highest BCUT2D eigenvalue weighted by Crippen LogP contribution is 2.31. The number of anilines is 1. The number of hydrogen-bond donors (Lipinski definition) is 0. The Kier molecular flexibility index (Phi) is 5.55. The number of halogens is 3. The van der Waals surface area contributed by atoms with Gasteiger partial charge in [-0.3, -0.25) is 4.79 Å². The first kappa shape index (κ1) is 17.6. The van der Waals surface area contributed by atoms with E-state index in [2.05, 4.69) is 6.92 Å². The van der Waals surface area contributed by atoms with Crippen LogP contribution in [0.5, 0.6) is 0 Å². The average molecular weight is 328 g/mol. The number of carbonyl (C=O) groups excluding carboxylic acids is 1. The van der Waals surface area contributed by atoms with Crippen LogP contribution in [-0.4, -0.2) is 37.0 Å². The second-order valence-electron chi connectivity index (χ2n) is 6.05. The van der Waals surface area contributed by atoms with Gasteiger partial charge in [-0.25, -0.2) is 0 Å². The van der Waals surface area contributed by atoms with Gasteiger partial charge in [0.25, 0.3) is 0 Å². The van der Waals surface area contributed by atoms with Gasteiger partial charge in [0.05, 0.1) is 5.56 Å². The summed E-state index contributed by atoms with van der Waals surface area (Å²) in [7, 11) is 0. The van der Waals surface area contributed by atoms with Crippen LogP contribution in [0, 0.1) is 5.92 Å². The molecule has 1 aliphatic heterocycles. The number of carbonyl (C=O) groups is 1. The molecule has 2 rings (SSSR count). The van der Waals surface area contributed by atoms with E-state index < -0.39 is 11.7 Å². The predicted octanol–water partition coefficient (Wildman–Crippen LogP) is 3.79. The lowest BCUT2D eigenvalue weighted by atomic mass is 10.0. The first-order valence-corrected chi connectivity index (χ1v) is 8.04. The van der Waals surface area contributed by atoms with Gasteiger partial charge in [0.1, 0.15) is 0 Å². The van der Waals surface area contributed by atoms with Crippen molar-refractivity contribution < 1.29 is 18.0 Å². The Morgan fingerprint density at radius 1 is 1.22 bits per heavy atom. The van der Waals surface area contributed by atoms with Crippen LogP contribution in [-0.2, 0) is 11.0 Å². The van der Waals surface area contributed by atoms with Crippen molar-refractivity contribution in [2.75, 3.05) is 31.1 Å². The number of piperazine rings is 1. The summed E-state index contributed by atoms with van der Waals surface area (Å²) >= 11 is 0. The summed E-state index contributed by atoms with van der Waals surface area (Å²) in [6, 6.07) is 5.37. The van der Waals surface area contributed by atoms with Crippen molar-refractivity contribution in [3.63, 3.8) is 0 Å². The second kappa shape index (κ2) is 7.23. The minimum absolute atomic E-state index is 0.0140. The molecular weight excluding hydrogens is 305 g/mol. The number of rotatable bonds is 4. The smallest absolute Gasteiger partial charge is 0.368 e. The molecule has 1 saturated heterocycles. The van der Waals surface area contributed by atoms with Gasteiger partial charge in [-0.2, -0.15) is 13.2 Å². The van der Waals surface area contributed by atoms with Crippen molar-refractivity contribution in [3.8, 4) is 0 Å². The molecule has 1 unspecified atom stereocenters. The van der Waals surface area contributed by atoms with Crippen molar-refractivity contribution in [3.05, 3.63) is 29.8 Å². The standard InChI is InChI=1S/C17H23F3N2O/c1-3-5-13(2)16(23)22-10-8-21(9-11-22)15-7-4-6-14(12-15)17(18,19)20/h4,6-7,12-13H,3,5,8-11H2,1-2H3. The van der Waals surface area contributed by atoms with Crippen molar-refractivity contribution >= 4 is 11.6 Å². The Morgan fingerprint density at radius 2 is 1.87 bits per heavy atom. The van der Waals surface area contributed by atoms with E-state index in [1.54, 1.807) is 6.07 Å². The van der Waals surface area contributed by atoms with Crippen molar-refractivity contribution in [1.82, 2.24) is 4.90 Å². The molecule has 0 aliphatic carbocycles. The maximum absolute atomic E-state index is 12.8. The number of alkyl halides is 3. The molecule has 0 spiro atoms. The molecule has 0 saturated carbocycles. The zero-order valence-electron chi connectivity index (χ0n) is 13.6. The van der Waals surface area contributed by atoms with Gasteiger partial charge in [-0.05, 0) is 24.6 Å². The number of nitrogens with zero attached hydrogens (tertiary/aromatic N) is 2. The molecule has 6 heteroatoms. The van der Waals surface area contributed by atoms with E-state index in [1.165, 1.54) is 12.1 Å². The molecule has 1 aromatic rings. The second-order valence-corrected chi connectivity index (χ2v) is 6.05. The van der Waals surface area contributed by atoms with E-state index >= 15 is 0 Å². The van der Waals surface area contributed by atoms with Gasteiger partial charge in [0, 0.05) is 37.8 Å².